The maximum Gasteiger partial charge on any atom is 0.413 e. The Morgan fingerprint density at radius 1 is 1.11 bits per heavy atom. The summed E-state index contributed by atoms with van der Waals surface area (Å²) >= 11 is 14.8. The number of benzene rings is 1. The molecule has 1 aromatic heterocycles. The number of rotatable bonds is 10. The van der Waals surface area contributed by atoms with E-state index >= 15 is 0 Å². The average Bonchev–Trinajstić information content (AvgIpc) is 3.35. The highest BCUT2D eigenvalue weighted by molar-refractivity contribution is 8.00. The summed E-state index contributed by atoms with van der Waals surface area (Å²) in [6, 6.07) is 5.98. The third-order valence-corrected chi connectivity index (χ3v) is 9.09. The van der Waals surface area contributed by atoms with Gasteiger partial charge in [-0.3, -0.25) is 19.8 Å². The molecular formula is C30H35Cl2N5O8S2. The Bertz CT molecular complexity index is 1600. The Hall–Kier alpha value is -3.53. The van der Waals surface area contributed by atoms with Gasteiger partial charge in [0.1, 0.15) is 50.7 Å². The third-order valence-electron chi connectivity index (χ3n) is 6.26. The van der Waals surface area contributed by atoms with Crippen molar-refractivity contribution in [2.24, 2.45) is 5.16 Å². The highest BCUT2D eigenvalue weighted by atomic mass is 35.5. The SMILES string of the molecule is COc1ccc(COC(=O)C2=C(CCl)CSC3C(NC(=O)/C(=N/OC(C)(C)C)c4nc(NC(=O)OC(C)(C)C)sc4Cl)C(=O)N23)cc1. The average molecular weight is 729 g/mol. The van der Waals surface area contributed by atoms with E-state index < -0.39 is 46.5 Å². The molecule has 2 atom stereocenters. The summed E-state index contributed by atoms with van der Waals surface area (Å²) in [6.07, 6.45) is -0.763. The minimum Gasteiger partial charge on any atom is -0.497 e. The highest BCUT2D eigenvalue weighted by Gasteiger charge is 2.54. The summed E-state index contributed by atoms with van der Waals surface area (Å²) < 4.78 is 16.0. The lowest BCUT2D eigenvalue weighted by molar-refractivity contribution is -0.153. The number of anilines is 1. The monoisotopic (exact) mass is 727 g/mol. The van der Waals surface area contributed by atoms with Crippen molar-refractivity contribution in [3.63, 3.8) is 0 Å². The van der Waals surface area contributed by atoms with Crippen LogP contribution in [0.15, 0.2) is 40.7 Å². The quantitative estimate of drug-likeness (QED) is 0.108. The van der Waals surface area contributed by atoms with E-state index in [0.717, 1.165) is 16.9 Å². The van der Waals surface area contributed by atoms with Crippen LogP contribution in [-0.4, -0.2) is 80.8 Å². The van der Waals surface area contributed by atoms with E-state index in [1.807, 2.05) is 0 Å². The van der Waals surface area contributed by atoms with Gasteiger partial charge in [-0.15, -0.1) is 23.4 Å². The molecule has 2 aliphatic rings. The van der Waals surface area contributed by atoms with Gasteiger partial charge in [-0.2, -0.15) is 0 Å². The van der Waals surface area contributed by atoms with Crippen molar-refractivity contribution in [1.29, 1.82) is 0 Å². The number of alkyl halides is 1. The molecule has 13 nitrogen and oxygen atoms in total. The van der Waals surface area contributed by atoms with Crippen molar-refractivity contribution in [1.82, 2.24) is 15.2 Å². The van der Waals surface area contributed by atoms with E-state index in [1.54, 1.807) is 72.9 Å². The second kappa shape index (κ2) is 14.7. The summed E-state index contributed by atoms with van der Waals surface area (Å²) in [4.78, 5) is 63.7. The van der Waals surface area contributed by atoms with Crippen LogP contribution in [0, 0.1) is 0 Å². The normalized spacial score (nSPS) is 18.2. The molecule has 0 saturated carbocycles. The first kappa shape index (κ1) is 36.3. The van der Waals surface area contributed by atoms with Crippen LogP contribution in [0.4, 0.5) is 9.93 Å². The van der Waals surface area contributed by atoms with Gasteiger partial charge in [0.05, 0.1) is 7.11 Å². The van der Waals surface area contributed by atoms with Crippen molar-refractivity contribution in [3.05, 3.63) is 51.1 Å². The molecule has 1 aromatic carbocycles. The minimum atomic E-state index is -1.02. The van der Waals surface area contributed by atoms with Gasteiger partial charge in [-0.1, -0.05) is 40.2 Å². The van der Waals surface area contributed by atoms with E-state index in [4.69, 9.17) is 42.3 Å². The molecule has 0 spiro atoms. The maximum absolute atomic E-state index is 13.7. The second-order valence-electron chi connectivity index (χ2n) is 12.3. The Balaban J connectivity index is 1.51. The lowest BCUT2D eigenvalue weighted by Gasteiger charge is -2.49. The molecule has 4 rings (SSSR count). The fourth-order valence-electron chi connectivity index (χ4n) is 4.19. The first-order valence-electron chi connectivity index (χ1n) is 14.3. The van der Waals surface area contributed by atoms with Crippen LogP contribution in [-0.2, 0) is 35.3 Å². The molecule has 0 radical (unpaired) electrons. The number of oxime groups is 1. The number of nitrogens with zero attached hydrogens (tertiary/aromatic N) is 3. The molecule has 17 heteroatoms. The third kappa shape index (κ3) is 9.09. The number of carbonyl (C=O) groups is 4. The first-order valence-corrected chi connectivity index (χ1v) is 17.1. The Morgan fingerprint density at radius 3 is 2.38 bits per heavy atom. The summed E-state index contributed by atoms with van der Waals surface area (Å²) in [5, 5.41) is 8.64. The minimum absolute atomic E-state index is 0.0103. The van der Waals surface area contributed by atoms with Gasteiger partial charge >= 0.3 is 12.1 Å². The van der Waals surface area contributed by atoms with Crippen LogP contribution < -0.4 is 15.4 Å². The van der Waals surface area contributed by atoms with Crippen LogP contribution in [0.3, 0.4) is 0 Å². The van der Waals surface area contributed by atoms with E-state index in [0.29, 0.717) is 17.1 Å². The number of amides is 3. The lowest BCUT2D eigenvalue weighted by Crippen LogP contribution is -2.71. The standard InChI is InChI=1S/C30H35Cl2N5O8S2/c1-29(2,3)44-28(41)35-27-34-18(22(32)47-27)19(36-45-30(4,5)6)23(38)33-20-24(39)37-21(16(12-31)14-46-25(20)37)26(40)43-13-15-8-10-17(42-7)11-9-15/h8-11,20,25H,12-14H2,1-7H3,(H,33,38)(H,34,35,41)/b36-19+. The molecule has 254 valence electrons. The lowest BCUT2D eigenvalue weighted by atomic mass is 10.0. The molecule has 2 unspecified atom stereocenters. The van der Waals surface area contributed by atoms with E-state index in [2.05, 4.69) is 20.8 Å². The van der Waals surface area contributed by atoms with Crippen molar-refractivity contribution in [3.8, 4) is 5.75 Å². The number of carbonyl (C=O) groups excluding carboxylic acids is 4. The molecule has 3 heterocycles. The van der Waals surface area contributed by atoms with Crippen LogP contribution >= 0.6 is 46.3 Å². The number of halogens is 2. The van der Waals surface area contributed by atoms with Gasteiger partial charge in [0.15, 0.2) is 10.8 Å². The molecular weight excluding hydrogens is 693 g/mol. The molecule has 3 amide bonds. The van der Waals surface area contributed by atoms with Crippen LogP contribution in [0.1, 0.15) is 52.8 Å². The number of ether oxygens (including phenoxy) is 3. The van der Waals surface area contributed by atoms with E-state index in [-0.39, 0.29) is 39.1 Å². The van der Waals surface area contributed by atoms with Crippen molar-refractivity contribution in [2.75, 3.05) is 24.1 Å². The Morgan fingerprint density at radius 2 is 1.79 bits per heavy atom. The first-order chi connectivity index (χ1) is 22.0. The number of fused-ring (bicyclic) bond motifs is 1. The molecule has 2 N–H and O–H groups in total. The number of nitrogens with one attached hydrogen (secondary N) is 2. The molecule has 2 aliphatic heterocycles. The van der Waals surface area contributed by atoms with Gasteiger partial charge in [0, 0.05) is 11.6 Å². The molecule has 1 fully saturated rings. The number of esters is 1. The predicted octanol–water partition coefficient (Wildman–Crippen LogP) is 5.31. The van der Waals surface area contributed by atoms with Crippen molar-refractivity contribution < 1.29 is 38.2 Å². The Kier molecular flexibility index (Phi) is 11.4. The second-order valence-corrected chi connectivity index (χ2v) is 15.3. The maximum atomic E-state index is 13.7. The fourth-order valence-corrected chi connectivity index (χ4v) is 6.90. The number of β-lactam (4-membered cyclic amide) rings is 1. The zero-order chi connectivity index (χ0) is 34.7. The predicted molar refractivity (Wildman–Crippen MR) is 180 cm³/mol. The number of hydrogen-bond donors (Lipinski definition) is 2. The van der Waals surface area contributed by atoms with Gasteiger partial charge in [0.25, 0.3) is 11.8 Å². The summed E-state index contributed by atoms with van der Waals surface area (Å²) in [6.45, 7) is 10.3. The molecule has 47 heavy (non-hydrogen) atoms. The number of thiazole rings is 1. The summed E-state index contributed by atoms with van der Waals surface area (Å²) in [7, 11) is 1.55. The van der Waals surface area contributed by atoms with Crippen molar-refractivity contribution in [2.45, 2.75) is 70.8 Å². The zero-order valence-electron chi connectivity index (χ0n) is 26.8. The van der Waals surface area contributed by atoms with Crippen molar-refractivity contribution >= 4 is 81.0 Å². The molecule has 0 bridgehead atoms. The van der Waals surface area contributed by atoms with Crippen LogP contribution in [0.5, 0.6) is 5.75 Å². The summed E-state index contributed by atoms with van der Waals surface area (Å²) in [5.41, 5.74) is -0.628. The van der Waals surface area contributed by atoms with Gasteiger partial charge in [-0.25, -0.2) is 14.6 Å². The van der Waals surface area contributed by atoms with Crippen LogP contribution in [0.2, 0.25) is 4.34 Å². The molecule has 1 saturated heterocycles. The topological polar surface area (TPSA) is 158 Å². The highest BCUT2D eigenvalue weighted by Crippen LogP contribution is 2.41. The van der Waals surface area contributed by atoms with Crippen LogP contribution in [0.25, 0.3) is 0 Å². The van der Waals surface area contributed by atoms with Gasteiger partial charge < -0.3 is 24.4 Å². The molecule has 0 aliphatic carbocycles. The summed E-state index contributed by atoms with van der Waals surface area (Å²) in [5.74, 6) is -1.05. The Labute approximate surface area is 290 Å². The van der Waals surface area contributed by atoms with E-state index in [1.165, 1.54) is 16.7 Å². The number of aromatic nitrogens is 1. The number of hydrogen-bond acceptors (Lipinski definition) is 12. The van der Waals surface area contributed by atoms with Gasteiger partial charge in [-0.05, 0) is 64.8 Å². The smallest absolute Gasteiger partial charge is 0.413 e. The zero-order valence-corrected chi connectivity index (χ0v) is 29.9. The van der Waals surface area contributed by atoms with Gasteiger partial charge in [0.2, 0.25) is 0 Å². The number of methoxy groups -OCH3 is 1. The fraction of sp³-hybridized carbons (Fsp3) is 0.467. The molecule has 2 aromatic rings. The van der Waals surface area contributed by atoms with E-state index in [9.17, 15) is 19.2 Å². The largest absolute Gasteiger partial charge is 0.497 e. The number of thioether (sulfide) groups is 1.